The largest absolute Gasteiger partial charge is 0.494 e. The molecule has 0 heterocycles. The van der Waals surface area contributed by atoms with Crippen LogP contribution in [0.4, 0.5) is 10.5 Å². The van der Waals surface area contributed by atoms with E-state index in [0.29, 0.717) is 12.3 Å². The average Bonchev–Trinajstić information content (AvgIpc) is 2.67. The summed E-state index contributed by atoms with van der Waals surface area (Å²) in [5.74, 6) is 0.607. The molecule has 1 N–H and O–H groups in total. The summed E-state index contributed by atoms with van der Waals surface area (Å²) in [6.07, 6.45) is 4.20. The molecule has 2 rings (SSSR count). The van der Waals surface area contributed by atoms with Crippen LogP contribution in [0.15, 0.2) is 59.5 Å². The SMILES string of the molecule is CCCOc1ccc(/C=C/C(=O)Nc2ccc(SC(=O)N(C)C)cc2)cc1. The molecule has 0 fully saturated rings. The molecule has 27 heavy (non-hydrogen) atoms. The van der Waals surface area contributed by atoms with Gasteiger partial charge in [0, 0.05) is 30.8 Å². The molecule has 5 nitrogen and oxygen atoms in total. The lowest BCUT2D eigenvalue weighted by Gasteiger charge is -2.09. The normalized spacial score (nSPS) is 10.6. The molecule has 142 valence electrons. The molecular weight excluding hydrogens is 360 g/mol. The third kappa shape index (κ3) is 7.19. The van der Waals surface area contributed by atoms with Gasteiger partial charge in [0.25, 0.3) is 5.24 Å². The molecule has 0 aliphatic heterocycles. The summed E-state index contributed by atoms with van der Waals surface area (Å²) >= 11 is 1.14. The fraction of sp³-hybridized carbons (Fsp3) is 0.238. The smallest absolute Gasteiger partial charge is 0.285 e. The number of hydrogen-bond donors (Lipinski definition) is 1. The van der Waals surface area contributed by atoms with Crippen LogP contribution in [0.5, 0.6) is 5.75 Å². The van der Waals surface area contributed by atoms with Crippen molar-refractivity contribution in [3.8, 4) is 5.75 Å². The van der Waals surface area contributed by atoms with Crippen LogP contribution in [0.3, 0.4) is 0 Å². The van der Waals surface area contributed by atoms with Crippen LogP contribution in [-0.2, 0) is 4.79 Å². The van der Waals surface area contributed by atoms with E-state index in [0.717, 1.165) is 34.4 Å². The van der Waals surface area contributed by atoms with Gasteiger partial charge in [-0.2, -0.15) is 0 Å². The standard InChI is InChI=1S/C21H24N2O3S/c1-4-15-26-18-10-5-16(6-11-18)7-14-20(24)22-17-8-12-19(13-9-17)27-21(25)23(2)3/h5-14H,4,15H2,1-3H3,(H,22,24)/b14-7+. The van der Waals surface area contributed by atoms with Gasteiger partial charge in [-0.05, 0) is 66.2 Å². The summed E-state index contributed by atoms with van der Waals surface area (Å²) in [6, 6.07) is 14.7. The predicted molar refractivity (Wildman–Crippen MR) is 111 cm³/mol. The van der Waals surface area contributed by atoms with E-state index < -0.39 is 0 Å². The number of ether oxygens (including phenoxy) is 1. The Labute approximate surface area is 164 Å². The Hall–Kier alpha value is -2.73. The van der Waals surface area contributed by atoms with Crippen LogP contribution in [0.2, 0.25) is 0 Å². The number of benzene rings is 2. The summed E-state index contributed by atoms with van der Waals surface area (Å²) in [5, 5.41) is 2.76. The fourth-order valence-corrected chi connectivity index (χ4v) is 2.71. The number of amides is 2. The van der Waals surface area contributed by atoms with E-state index in [1.54, 1.807) is 44.4 Å². The van der Waals surface area contributed by atoms with Crippen LogP contribution >= 0.6 is 11.8 Å². The molecule has 0 atom stereocenters. The van der Waals surface area contributed by atoms with Crippen molar-refractivity contribution >= 4 is 34.7 Å². The maximum Gasteiger partial charge on any atom is 0.285 e. The molecule has 2 aromatic carbocycles. The zero-order valence-corrected chi connectivity index (χ0v) is 16.6. The third-order valence-electron chi connectivity index (χ3n) is 3.47. The maximum atomic E-state index is 12.1. The minimum atomic E-state index is -0.217. The molecule has 2 amide bonds. The Morgan fingerprint density at radius 1 is 1.07 bits per heavy atom. The Bertz CT molecular complexity index is 784. The van der Waals surface area contributed by atoms with Crippen molar-refractivity contribution < 1.29 is 14.3 Å². The Morgan fingerprint density at radius 3 is 2.33 bits per heavy atom. The van der Waals surface area contributed by atoms with Crippen LogP contribution in [0.25, 0.3) is 6.08 Å². The molecule has 0 aromatic heterocycles. The van der Waals surface area contributed by atoms with E-state index >= 15 is 0 Å². The lowest BCUT2D eigenvalue weighted by molar-refractivity contribution is -0.111. The topological polar surface area (TPSA) is 58.6 Å². The second-order valence-electron chi connectivity index (χ2n) is 6.03. The number of nitrogens with one attached hydrogen (secondary N) is 1. The molecule has 0 saturated carbocycles. The van der Waals surface area contributed by atoms with Crippen molar-refractivity contribution in [2.24, 2.45) is 0 Å². The zero-order chi connectivity index (χ0) is 19.6. The molecule has 2 aromatic rings. The van der Waals surface area contributed by atoms with Gasteiger partial charge in [0.1, 0.15) is 5.75 Å². The van der Waals surface area contributed by atoms with Gasteiger partial charge in [0.15, 0.2) is 0 Å². The third-order valence-corrected chi connectivity index (χ3v) is 4.52. The van der Waals surface area contributed by atoms with Gasteiger partial charge in [-0.25, -0.2) is 0 Å². The number of carbonyl (C=O) groups excluding carboxylic acids is 2. The van der Waals surface area contributed by atoms with Gasteiger partial charge in [0.2, 0.25) is 5.91 Å². The number of nitrogens with zero attached hydrogens (tertiary/aromatic N) is 1. The first-order chi connectivity index (χ1) is 13.0. The molecule has 0 bridgehead atoms. The molecule has 0 aliphatic carbocycles. The van der Waals surface area contributed by atoms with E-state index in [4.69, 9.17) is 4.74 Å². The number of anilines is 1. The first-order valence-corrected chi connectivity index (χ1v) is 9.50. The molecule has 0 radical (unpaired) electrons. The second kappa shape index (κ2) is 10.4. The summed E-state index contributed by atoms with van der Waals surface area (Å²) in [7, 11) is 3.42. The first kappa shape index (κ1) is 20.6. The minimum Gasteiger partial charge on any atom is -0.494 e. The van der Waals surface area contributed by atoms with E-state index in [1.807, 2.05) is 24.3 Å². The molecule has 0 unspecified atom stereocenters. The average molecular weight is 385 g/mol. The number of rotatable bonds is 7. The quantitative estimate of drug-likeness (QED) is 0.545. The van der Waals surface area contributed by atoms with Gasteiger partial charge in [-0.3, -0.25) is 9.59 Å². The van der Waals surface area contributed by atoms with Gasteiger partial charge in [0.05, 0.1) is 6.61 Å². The summed E-state index contributed by atoms with van der Waals surface area (Å²) in [4.78, 5) is 26.1. The zero-order valence-electron chi connectivity index (χ0n) is 15.8. The van der Waals surface area contributed by atoms with Crippen molar-refractivity contribution in [3.05, 3.63) is 60.2 Å². The van der Waals surface area contributed by atoms with Crippen molar-refractivity contribution in [2.75, 3.05) is 26.0 Å². The summed E-state index contributed by atoms with van der Waals surface area (Å²) in [6.45, 7) is 2.75. The van der Waals surface area contributed by atoms with Gasteiger partial charge < -0.3 is 15.0 Å². The van der Waals surface area contributed by atoms with Gasteiger partial charge in [-0.1, -0.05) is 19.1 Å². The van der Waals surface area contributed by atoms with E-state index in [1.165, 1.54) is 11.0 Å². The predicted octanol–water partition coefficient (Wildman–Crippen LogP) is 4.90. The Kier molecular flexibility index (Phi) is 7.95. The van der Waals surface area contributed by atoms with Crippen LogP contribution in [0, 0.1) is 0 Å². The van der Waals surface area contributed by atoms with E-state index in [-0.39, 0.29) is 11.1 Å². The molecule has 0 aliphatic rings. The Morgan fingerprint density at radius 2 is 1.74 bits per heavy atom. The van der Waals surface area contributed by atoms with Gasteiger partial charge >= 0.3 is 0 Å². The maximum absolute atomic E-state index is 12.1. The van der Waals surface area contributed by atoms with Crippen LogP contribution in [0.1, 0.15) is 18.9 Å². The highest BCUT2D eigenvalue weighted by Crippen LogP contribution is 2.22. The molecule has 0 saturated heterocycles. The van der Waals surface area contributed by atoms with Crippen molar-refractivity contribution in [1.29, 1.82) is 0 Å². The monoisotopic (exact) mass is 384 g/mol. The van der Waals surface area contributed by atoms with Crippen molar-refractivity contribution in [2.45, 2.75) is 18.2 Å². The lowest BCUT2D eigenvalue weighted by atomic mass is 10.2. The summed E-state index contributed by atoms with van der Waals surface area (Å²) in [5.41, 5.74) is 1.59. The number of carbonyl (C=O) groups is 2. The molecule has 0 spiro atoms. The first-order valence-electron chi connectivity index (χ1n) is 8.69. The highest BCUT2D eigenvalue weighted by Gasteiger charge is 2.06. The number of thioether (sulfide) groups is 1. The highest BCUT2D eigenvalue weighted by atomic mass is 32.2. The summed E-state index contributed by atoms with van der Waals surface area (Å²) < 4.78 is 5.53. The van der Waals surface area contributed by atoms with Crippen LogP contribution < -0.4 is 10.1 Å². The van der Waals surface area contributed by atoms with Crippen molar-refractivity contribution in [3.63, 3.8) is 0 Å². The minimum absolute atomic E-state index is 0.0409. The van der Waals surface area contributed by atoms with Crippen molar-refractivity contribution in [1.82, 2.24) is 4.90 Å². The van der Waals surface area contributed by atoms with Crippen LogP contribution in [-0.4, -0.2) is 36.7 Å². The number of hydrogen-bond acceptors (Lipinski definition) is 4. The van der Waals surface area contributed by atoms with E-state index in [2.05, 4.69) is 12.2 Å². The molecular formula is C21H24N2O3S. The highest BCUT2D eigenvalue weighted by molar-refractivity contribution is 8.13. The van der Waals surface area contributed by atoms with E-state index in [9.17, 15) is 9.59 Å². The second-order valence-corrected chi connectivity index (χ2v) is 7.05. The van der Waals surface area contributed by atoms with Gasteiger partial charge in [-0.15, -0.1) is 0 Å². The fourth-order valence-electron chi connectivity index (χ4n) is 2.05. The Balaban J connectivity index is 1.87. The molecule has 6 heteroatoms. The lowest BCUT2D eigenvalue weighted by Crippen LogP contribution is -2.16.